The lowest BCUT2D eigenvalue weighted by molar-refractivity contribution is 0.122. The molecule has 118 valence electrons. The van der Waals surface area contributed by atoms with Crippen molar-refractivity contribution in [1.82, 2.24) is 20.3 Å². The van der Waals surface area contributed by atoms with Crippen molar-refractivity contribution >= 4 is 44.5 Å². The van der Waals surface area contributed by atoms with Gasteiger partial charge < -0.3 is 15.0 Å². The average Bonchev–Trinajstić information content (AvgIpc) is 3.02. The first kappa shape index (κ1) is 14.3. The molecule has 0 atom stereocenters. The van der Waals surface area contributed by atoms with E-state index < -0.39 is 0 Å². The summed E-state index contributed by atoms with van der Waals surface area (Å²) >= 11 is 3.46. The van der Waals surface area contributed by atoms with Gasteiger partial charge in [-0.3, -0.25) is 0 Å². The molecule has 1 aliphatic heterocycles. The molecule has 1 aliphatic rings. The van der Waals surface area contributed by atoms with E-state index in [0.29, 0.717) is 30.3 Å². The zero-order chi connectivity index (χ0) is 15.6. The molecule has 3 aromatic rings. The predicted octanol–water partition coefficient (Wildman–Crippen LogP) is 2.36. The third kappa shape index (κ3) is 2.97. The van der Waals surface area contributed by atoms with E-state index in [4.69, 9.17) is 9.37 Å². The zero-order valence-corrected chi connectivity index (χ0v) is 13.7. The smallest absolute Gasteiger partial charge is 0.245 e. The van der Waals surface area contributed by atoms with Gasteiger partial charge in [-0.25, -0.2) is 14.6 Å². The van der Waals surface area contributed by atoms with E-state index in [0.717, 1.165) is 29.1 Å². The quantitative estimate of drug-likeness (QED) is 0.744. The highest BCUT2D eigenvalue weighted by Crippen LogP contribution is 2.28. The van der Waals surface area contributed by atoms with Gasteiger partial charge in [0.05, 0.1) is 13.2 Å². The van der Waals surface area contributed by atoms with Crippen LogP contribution in [0.5, 0.6) is 0 Å². The Kier molecular flexibility index (Phi) is 3.80. The maximum Gasteiger partial charge on any atom is 0.245 e. The molecule has 23 heavy (non-hydrogen) atoms. The van der Waals surface area contributed by atoms with Crippen LogP contribution in [0.3, 0.4) is 0 Å². The topological polar surface area (TPSA) is 89.2 Å². The predicted molar refractivity (Wildman–Crippen MR) is 87.9 cm³/mol. The van der Waals surface area contributed by atoms with Crippen LogP contribution in [0, 0.1) is 0 Å². The van der Waals surface area contributed by atoms with Crippen molar-refractivity contribution in [3.8, 4) is 0 Å². The second-order valence-electron chi connectivity index (χ2n) is 5.04. The number of morpholine rings is 1. The minimum absolute atomic E-state index is 0.375. The Morgan fingerprint density at radius 2 is 1.87 bits per heavy atom. The summed E-state index contributed by atoms with van der Waals surface area (Å²) in [5.74, 6) is 1.34. The summed E-state index contributed by atoms with van der Waals surface area (Å²) in [6.07, 6.45) is 0. The molecule has 0 spiro atoms. The van der Waals surface area contributed by atoms with Crippen LogP contribution in [0.25, 0.3) is 11.3 Å². The summed E-state index contributed by atoms with van der Waals surface area (Å²) < 4.78 is 11.1. The second kappa shape index (κ2) is 6.09. The van der Waals surface area contributed by atoms with Crippen LogP contribution >= 0.6 is 15.9 Å². The molecule has 1 saturated heterocycles. The minimum Gasteiger partial charge on any atom is -0.378 e. The molecular formula is C14H13BrN6O2. The summed E-state index contributed by atoms with van der Waals surface area (Å²) in [7, 11) is 0. The second-order valence-corrected chi connectivity index (χ2v) is 5.96. The number of nitrogens with one attached hydrogen (secondary N) is 1. The molecule has 0 radical (unpaired) electrons. The Bertz CT molecular complexity index is 833. The fraction of sp³-hybridized carbons (Fsp3) is 0.286. The summed E-state index contributed by atoms with van der Waals surface area (Å²) in [5.41, 5.74) is 1.67. The van der Waals surface area contributed by atoms with Crippen molar-refractivity contribution < 1.29 is 9.37 Å². The van der Waals surface area contributed by atoms with E-state index in [1.807, 2.05) is 24.3 Å². The molecule has 2 aromatic heterocycles. The lowest BCUT2D eigenvalue weighted by atomic mass is 10.3. The standard InChI is InChI=1S/C14H13BrN6O2/c15-9-2-1-3-10(8-9)16-13-14(21-4-6-22-7-5-21)18-12-11(17-13)19-23-20-12/h1-3,8H,4-7H2,(H,16,17,19). The van der Waals surface area contributed by atoms with Crippen LogP contribution in [0.1, 0.15) is 0 Å². The maximum atomic E-state index is 5.40. The lowest BCUT2D eigenvalue weighted by Crippen LogP contribution is -2.37. The Hall–Kier alpha value is -2.26. The average molecular weight is 377 g/mol. The molecule has 4 rings (SSSR count). The van der Waals surface area contributed by atoms with Crippen LogP contribution in [-0.4, -0.2) is 46.6 Å². The van der Waals surface area contributed by atoms with Crippen molar-refractivity contribution in [2.24, 2.45) is 0 Å². The fourth-order valence-electron chi connectivity index (χ4n) is 2.41. The van der Waals surface area contributed by atoms with Gasteiger partial charge in [-0.1, -0.05) is 22.0 Å². The van der Waals surface area contributed by atoms with Gasteiger partial charge in [-0.15, -0.1) is 0 Å². The number of ether oxygens (including phenoxy) is 1. The Balaban J connectivity index is 1.75. The molecule has 3 heterocycles. The van der Waals surface area contributed by atoms with Crippen molar-refractivity contribution in [1.29, 1.82) is 0 Å². The van der Waals surface area contributed by atoms with Crippen molar-refractivity contribution in [3.63, 3.8) is 0 Å². The summed E-state index contributed by atoms with van der Waals surface area (Å²) in [6, 6.07) is 7.84. The van der Waals surface area contributed by atoms with Crippen molar-refractivity contribution in [3.05, 3.63) is 28.7 Å². The van der Waals surface area contributed by atoms with Gasteiger partial charge in [0, 0.05) is 23.2 Å². The summed E-state index contributed by atoms with van der Waals surface area (Å²) in [5, 5.41) is 10.9. The first-order valence-corrected chi connectivity index (χ1v) is 7.94. The van der Waals surface area contributed by atoms with Gasteiger partial charge in [0.2, 0.25) is 11.3 Å². The fourth-order valence-corrected chi connectivity index (χ4v) is 2.81. The number of fused-ring (bicyclic) bond motifs is 1. The molecule has 0 bridgehead atoms. The van der Waals surface area contributed by atoms with Crippen LogP contribution in [0.2, 0.25) is 0 Å². The third-order valence-electron chi connectivity index (χ3n) is 3.49. The maximum absolute atomic E-state index is 5.40. The number of anilines is 3. The molecule has 0 amide bonds. The number of aromatic nitrogens is 4. The third-order valence-corrected chi connectivity index (χ3v) is 3.99. The van der Waals surface area contributed by atoms with Gasteiger partial charge in [0.1, 0.15) is 0 Å². The number of hydrogen-bond donors (Lipinski definition) is 1. The highest BCUT2D eigenvalue weighted by molar-refractivity contribution is 9.10. The summed E-state index contributed by atoms with van der Waals surface area (Å²) in [4.78, 5) is 11.2. The van der Waals surface area contributed by atoms with Crippen LogP contribution in [0.15, 0.2) is 33.4 Å². The van der Waals surface area contributed by atoms with E-state index in [9.17, 15) is 0 Å². The molecule has 9 heteroatoms. The van der Waals surface area contributed by atoms with Gasteiger partial charge >= 0.3 is 0 Å². The van der Waals surface area contributed by atoms with Crippen LogP contribution in [-0.2, 0) is 4.74 Å². The number of rotatable bonds is 3. The van der Waals surface area contributed by atoms with Gasteiger partial charge in [-0.05, 0) is 28.5 Å². The molecule has 1 N–H and O–H groups in total. The monoisotopic (exact) mass is 376 g/mol. The molecule has 1 aromatic carbocycles. The lowest BCUT2D eigenvalue weighted by Gasteiger charge is -2.28. The molecule has 0 saturated carbocycles. The molecule has 0 unspecified atom stereocenters. The largest absolute Gasteiger partial charge is 0.378 e. The highest BCUT2D eigenvalue weighted by Gasteiger charge is 2.20. The molecule has 1 fully saturated rings. The minimum atomic E-state index is 0.375. The SMILES string of the molecule is Brc1cccc(Nc2nc3nonc3nc2N2CCOCC2)c1. The Morgan fingerprint density at radius 3 is 2.65 bits per heavy atom. The number of hydrogen-bond acceptors (Lipinski definition) is 8. The van der Waals surface area contributed by atoms with Crippen LogP contribution in [0.4, 0.5) is 17.3 Å². The van der Waals surface area contributed by atoms with E-state index in [1.54, 1.807) is 0 Å². The van der Waals surface area contributed by atoms with Gasteiger partial charge in [0.15, 0.2) is 11.6 Å². The van der Waals surface area contributed by atoms with E-state index in [2.05, 4.69) is 46.4 Å². The van der Waals surface area contributed by atoms with Gasteiger partial charge in [0.25, 0.3) is 0 Å². The highest BCUT2D eigenvalue weighted by atomic mass is 79.9. The summed E-state index contributed by atoms with van der Waals surface area (Å²) in [6.45, 7) is 2.82. The number of halogens is 1. The Labute approximate surface area is 139 Å². The van der Waals surface area contributed by atoms with E-state index in [1.165, 1.54) is 0 Å². The molecule has 8 nitrogen and oxygen atoms in total. The van der Waals surface area contributed by atoms with Crippen molar-refractivity contribution in [2.75, 3.05) is 36.5 Å². The molecule has 0 aliphatic carbocycles. The number of benzene rings is 1. The Morgan fingerprint density at radius 1 is 1.09 bits per heavy atom. The van der Waals surface area contributed by atoms with Crippen molar-refractivity contribution in [2.45, 2.75) is 0 Å². The van der Waals surface area contributed by atoms with E-state index >= 15 is 0 Å². The zero-order valence-electron chi connectivity index (χ0n) is 12.1. The first-order valence-electron chi connectivity index (χ1n) is 7.15. The van der Waals surface area contributed by atoms with Crippen LogP contribution < -0.4 is 10.2 Å². The van der Waals surface area contributed by atoms with Gasteiger partial charge in [-0.2, -0.15) is 0 Å². The van der Waals surface area contributed by atoms with E-state index in [-0.39, 0.29) is 0 Å². The first-order chi connectivity index (χ1) is 11.3. The number of nitrogens with zero attached hydrogens (tertiary/aromatic N) is 5. The molecular weight excluding hydrogens is 364 g/mol. The normalized spacial score (nSPS) is 15.1.